The summed E-state index contributed by atoms with van der Waals surface area (Å²) in [6.45, 7) is 19.6. The molecule has 3 aliphatic heterocycles. The van der Waals surface area contributed by atoms with Crippen molar-refractivity contribution in [3.05, 3.63) is 35.9 Å². The van der Waals surface area contributed by atoms with Crippen LogP contribution in [0.5, 0.6) is 11.6 Å². The Hall–Kier alpha value is -3.54. The van der Waals surface area contributed by atoms with Gasteiger partial charge in [-0.3, -0.25) is 4.79 Å². The normalized spacial score (nSPS) is 20.1. The summed E-state index contributed by atoms with van der Waals surface area (Å²) in [4.78, 5) is 38.7. The van der Waals surface area contributed by atoms with Crippen molar-refractivity contribution in [1.82, 2.24) is 29.9 Å². The van der Waals surface area contributed by atoms with Gasteiger partial charge in [0.05, 0.1) is 5.56 Å². The number of halogens is 1. The van der Waals surface area contributed by atoms with Crippen molar-refractivity contribution < 1.29 is 23.5 Å². The molecule has 12 heteroatoms. The van der Waals surface area contributed by atoms with Crippen molar-refractivity contribution in [2.24, 2.45) is 11.3 Å². The number of amides is 2. The molecule has 1 aromatic carbocycles. The van der Waals surface area contributed by atoms with E-state index in [1.54, 1.807) is 4.90 Å². The molecular formula is C33H48FN7O4. The SMILES string of the molecule is CC(C)N(C(=O)c1cc(F)ccc1Oc1nncnc1N1CC2(CCN(C[C@H]3CCN(C(=O)OC(C)(C)C)C3)CC2)C1)C(C)C. The Morgan fingerprint density at radius 2 is 1.78 bits per heavy atom. The number of ether oxygens (including phenoxy) is 2. The van der Waals surface area contributed by atoms with E-state index in [9.17, 15) is 14.0 Å². The van der Waals surface area contributed by atoms with E-state index in [0.29, 0.717) is 11.7 Å². The molecule has 0 N–H and O–H groups in total. The van der Waals surface area contributed by atoms with Crippen LogP contribution in [0.1, 0.15) is 78.1 Å². The molecule has 4 heterocycles. The summed E-state index contributed by atoms with van der Waals surface area (Å²) in [5, 5.41) is 8.16. The largest absolute Gasteiger partial charge is 0.444 e. The number of hydrogen-bond acceptors (Lipinski definition) is 9. The number of piperidine rings is 1. The van der Waals surface area contributed by atoms with E-state index in [1.807, 2.05) is 53.4 Å². The van der Waals surface area contributed by atoms with Crippen LogP contribution >= 0.6 is 0 Å². The fourth-order valence-electron chi connectivity index (χ4n) is 6.89. The molecule has 0 unspecified atom stereocenters. The number of anilines is 1. The van der Waals surface area contributed by atoms with Gasteiger partial charge >= 0.3 is 6.09 Å². The van der Waals surface area contributed by atoms with Crippen LogP contribution in [0.25, 0.3) is 0 Å². The highest BCUT2D eigenvalue weighted by atomic mass is 19.1. The number of rotatable bonds is 8. The quantitative estimate of drug-likeness (QED) is 0.391. The van der Waals surface area contributed by atoms with Crippen LogP contribution in [-0.2, 0) is 4.74 Å². The highest BCUT2D eigenvalue weighted by Crippen LogP contribution is 2.44. The van der Waals surface area contributed by atoms with Crippen molar-refractivity contribution >= 4 is 17.8 Å². The van der Waals surface area contributed by atoms with Gasteiger partial charge in [0.25, 0.3) is 11.8 Å². The maximum atomic E-state index is 14.3. The Morgan fingerprint density at radius 1 is 1.09 bits per heavy atom. The van der Waals surface area contributed by atoms with Gasteiger partial charge in [-0.25, -0.2) is 14.2 Å². The zero-order valence-electron chi connectivity index (χ0n) is 27.8. The predicted octanol–water partition coefficient (Wildman–Crippen LogP) is 5.22. The summed E-state index contributed by atoms with van der Waals surface area (Å²) in [7, 11) is 0. The van der Waals surface area contributed by atoms with Crippen LogP contribution < -0.4 is 9.64 Å². The van der Waals surface area contributed by atoms with Gasteiger partial charge in [-0.05, 0) is 105 Å². The molecular weight excluding hydrogens is 577 g/mol. The van der Waals surface area contributed by atoms with Gasteiger partial charge in [0, 0.05) is 50.2 Å². The smallest absolute Gasteiger partial charge is 0.410 e. The van der Waals surface area contributed by atoms with Gasteiger partial charge in [-0.1, -0.05) is 0 Å². The van der Waals surface area contributed by atoms with Gasteiger partial charge in [0.2, 0.25) is 0 Å². The summed E-state index contributed by atoms with van der Waals surface area (Å²) in [5.74, 6) is 0.627. The first-order valence-corrected chi connectivity index (χ1v) is 16.2. The first-order valence-electron chi connectivity index (χ1n) is 16.2. The highest BCUT2D eigenvalue weighted by molar-refractivity contribution is 5.97. The molecule has 2 aromatic rings. The molecule has 0 bridgehead atoms. The third kappa shape index (κ3) is 7.65. The molecule has 1 aromatic heterocycles. The number of carbonyl (C=O) groups is 2. The molecule has 2 amide bonds. The Kier molecular flexibility index (Phi) is 9.53. The van der Waals surface area contributed by atoms with Crippen molar-refractivity contribution in [2.75, 3.05) is 50.7 Å². The lowest BCUT2D eigenvalue weighted by molar-refractivity contribution is 0.0279. The summed E-state index contributed by atoms with van der Waals surface area (Å²) < 4.78 is 26.1. The van der Waals surface area contributed by atoms with E-state index < -0.39 is 11.4 Å². The van der Waals surface area contributed by atoms with E-state index in [2.05, 4.69) is 25.0 Å². The lowest BCUT2D eigenvalue weighted by atomic mass is 9.72. The average Bonchev–Trinajstić information content (AvgIpc) is 3.41. The van der Waals surface area contributed by atoms with Crippen molar-refractivity contribution in [3.8, 4) is 11.6 Å². The lowest BCUT2D eigenvalue weighted by Crippen LogP contribution is -2.61. The third-order valence-electron chi connectivity index (χ3n) is 9.02. The summed E-state index contributed by atoms with van der Waals surface area (Å²) in [6.07, 6.45) is 4.35. The summed E-state index contributed by atoms with van der Waals surface area (Å²) in [6, 6.07) is 3.81. The molecule has 0 aliphatic carbocycles. The van der Waals surface area contributed by atoms with Crippen LogP contribution in [0.2, 0.25) is 0 Å². The lowest BCUT2D eigenvalue weighted by Gasteiger charge is -2.54. The molecule has 3 aliphatic rings. The number of carbonyl (C=O) groups excluding carboxylic acids is 2. The standard InChI is InChI=1S/C33H48FN7O4/c1-22(2)41(23(3)4)30(42)26-16-25(34)8-9-27(26)44-29-28(35-21-36-37-29)40-19-33(20-40)11-14-38(15-12-33)17-24-10-13-39(18-24)31(43)45-32(5,6)7/h8-9,16,21-24H,10-15,17-20H2,1-7H3/t24-/m1/s1. The second-order valence-corrected chi connectivity index (χ2v) is 14.5. The maximum Gasteiger partial charge on any atom is 0.410 e. The fourth-order valence-corrected chi connectivity index (χ4v) is 6.89. The van der Waals surface area contributed by atoms with Gasteiger partial charge in [-0.15, -0.1) is 10.2 Å². The molecule has 1 atom stereocenters. The van der Waals surface area contributed by atoms with Crippen molar-refractivity contribution in [3.63, 3.8) is 0 Å². The molecule has 3 fully saturated rings. The van der Waals surface area contributed by atoms with E-state index in [-0.39, 0.29) is 46.7 Å². The van der Waals surface area contributed by atoms with Gasteiger partial charge < -0.3 is 29.1 Å². The number of benzene rings is 1. The maximum absolute atomic E-state index is 14.3. The Labute approximate surface area is 266 Å². The van der Waals surface area contributed by atoms with E-state index >= 15 is 0 Å². The van der Waals surface area contributed by atoms with Crippen LogP contribution in [0, 0.1) is 17.2 Å². The average molecular weight is 626 g/mol. The van der Waals surface area contributed by atoms with Crippen molar-refractivity contribution in [1.29, 1.82) is 0 Å². The molecule has 0 radical (unpaired) electrons. The molecule has 45 heavy (non-hydrogen) atoms. The minimum absolute atomic E-state index is 0.0730. The molecule has 1 spiro atoms. The second-order valence-electron chi connectivity index (χ2n) is 14.5. The molecule has 11 nitrogen and oxygen atoms in total. The minimum Gasteiger partial charge on any atom is -0.444 e. The van der Waals surface area contributed by atoms with Crippen LogP contribution in [0.4, 0.5) is 15.0 Å². The number of aromatic nitrogens is 3. The predicted molar refractivity (Wildman–Crippen MR) is 169 cm³/mol. The third-order valence-corrected chi connectivity index (χ3v) is 9.02. The summed E-state index contributed by atoms with van der Waals surface area (Å²) >= 11 is 0. The minimum atomic E-state index is -0.514. The van der Waals surface area contributed by atoms with E-state index in [4.69, 9.17) is 9.47 Å². The number of nitrogens with zero attached hydrogens (tertiary/aromatic N) is 7. The molecule has 5 rings (SSSR count). The number of likely N-dealkylation sites (tertiary alicyclic amines) is 2. The highest BCUT2D eigenvalue weighted by Gasteiger charge is 2.46. The molecule has 246 valence electrons. The Bertz CT molecular complexity index is 1360. The van der Waals surface area contributed by atoms with Crippen LogP contribution in [0.3, 0.4) is 0 Å². The first kappa shape index (κ1) is 32.8. The fraction of sp³-hybridized carbons (Fsp3) is 0.667. The number of hydrogen-bond donors (Lipinski definition) is 0. The Morgan fingerprint density at radius 3 is 2.42 bits per heavy atom. The zero-order valence-corrected chi connectivity index (χ0v) is 27.8. The van der Waals surface area contributed by atoms with Gasteiger partial charge in [-0.2, -0.15) is 0 Å². The van der Waals surface area contributed by atoms with E-state index in [0.717, 1.165) is 65.1 Å². The summed E-state index contributed by atoms with van der Waals surface area (Å²) in [5.41, 5.74) is -0.144. The monoisotopic (exact) mass is 625 g/mol. The molecule has 0 saturated carbocycles. The van der Waals surface area contributed by atoms with Gasteiger partial charge in [0.15, 0.2) is 5.82 Å². The van der Waals surface area contributed by atoms with Gasteiger partial charge in [0.1, 0.15) is 23.5 Å². The van der Waals surface area contributed by atoms with E-state index in [1.165, 1.54) is 24.5 Å². The zero-order chi connectivity index (χ0) is 32.5. The second kappa shape index (κ2) is 13.1. The first-order chi connectivity index (χ1) is 21.2. The van der Waals surface area contributed by atoms with Crippen LogP contribution in [0.15, 0.2) is 24.5 Å². The molecule has 3 saturated heterocycles. The van der Waals surface area contributed by atoms with Crippen molar-refractivity contribution in [2.45, 2.75) is 85.4 Å². The topological polar surface area (TPSA) is 104 Å². The van der Waals surface area contributed by atoms with Crippen LogP contribution in [-0.4, -0.2) is 105 Å². The Balaban J connectivity index is 1.18.